The molecule has 0 aliphatic heterocycles. The lowest BCUT2D eigenvalue weighted by Gasteiger charge is -2.05. The Morgan fingerprint density at radius 1 is 1.29 bits per heavy atom. The van der Waals surface area contributed by atoms with Gasteiger partial charge in [0.15, 0.2) is 5.78 Å². The van der Waals surface area contributed by atoms with Crippen molar-refractivity contribution < 1.29 is 9.18 Å². The molecule has 0 radical (unpaired) electrons. The van der Waals surface area contributed by atoms with Gasteiger partial charge in [-0.15, -0.1) is 0 Å². The molecule has 0 aliphatic carbocycles. The Morgan fingerprint density at radius 2 is 2.06 bits per heavy atom. The SMILES string of the molecule is Cc1cncc(C(=O)c2cc(F)ccc2N)c1. The molecule has 1 aromatic heterocycles. The number of hydrogen-bond donors (Lipinski definition) is 1. The predicted molar refractivity (Wildman–Crippen MR) is 63.2 cm³/mol. The van der Waals surface area contributed by atoms with E-state index in [1.54, 1.807) is 12.3 Å². The number of pyridine rings is 1. The number of anilines is 1. The zero-order chi connectivity index (χ0) is 12.4. The average Bonchev–Trinajstić information content (AvgIpc) is 2.31. The van der Waals surface area contributed by atoms with Crippen molar-refractivity contribution in [2.75, 3.05) is 5.73 Å². The summed E-state index contributed by atoms with van der Waals surface area (Å²) in [6, 6.07) is 5.44. The largest absolute Gasteiger partial charge is 0.398 e. The van der Waals surface area contributed by atoms with E-state index in [0.717, 1.165) is 11.6 Å². The molecule has 2 rings (SSSR count). The second kappa shape index (κ2) is 4.33. The van der Waals surface area contributed by atoms with Crippen molar-refractivity contribution in [2.45, 2.75) is 6.92 Å². The van der Waals surface area contributed by atoms with Crippen LogP contribution in [0.3, 0.4) is 0 Å². The van der Waals surface area contributed by atoms with Gasteiger partial charge in [-0.25, -0.2) is 4.39 Å². The third-order valence-corrected chi connectivity index (χ3v) is 2.40. The minimum absolute atomic E-state index is 0.164. The molecular formula is C13H11FN2O. The van der Waals surface area contributed by atoms with E-state index in [4.69, 9.17) is 5.73 Å². The number of rotatable bonds is 2. The molecule has 1 aromatic carbocycles. The first-order chi connectivity index (χ1) is 8.08. The third-order valence-electron chi connectivity index (χ3n) is 2.40. The minimum Gasteiger partial charge on any atom is -0.398 e. The lowest BCUT2D eigenvalue weighted by Crippen LogP contribution is -2.06. The number of ketones is 1. The van der Waals surface area contributed by atoms with Gasteiger partial charge in [0.1, 0.15) is 5.82 Å². The second-order valence-corrected chi connectivity index (χ2v) is 3.81. The van der Waals surface area contributed by atoms with Crippen molar-refractivity contribution in [2.24, 2.45) is 0 Å². The molecule has 0 atom stereocenters. The van der Waals surface area contributed by atoms with Gasteiger partial charge in [-0.05, 0) is 36.8 Å². The fourth-order valence-corrected chi connectivity index (χ4v) is 1.56. The topological polar surface area (TPSA) is 56.0 Å². The van der Waals surface area contributed by atoms with E-state index in [1.165, 1.54) is 18.3 Å². The average molecular weight is 230 g/mol. The van der Waals surface area contributed by atoms with Gasteiger partial charge in [0.05, 0.1) is 0 Å². The molecule has 3 nitrogen and oxygen atoms in total. The first-order valence-electron chi connectivity index (χ1n) is 5.09. The number of nitrogen functional groups attached to an aromatic ring is 1. The fourth-order valence-electron chi connectivity index (χ4n) is 1.56. The number of carbonyl (C=O) groups is 1. The molecule has 0 fully saturated rings. The monoisotopic (exact) mass is 230 g/mol. The standard InChI is InChI=1S/C13H11FN2O/c1-8-4-9(7-16-6-8)13(17)11-5-10(14)2-3-12(11)15/h2-7H,15H2,1H3. The normalized spacial score (nSPS) is 10.2. The van der Waals surface area contributed by atoms with Crippen molar-refractivity contribution in [1.29, 1.82) is 0 Å². The Morgan fingerprint density at radius 3 is 2.76 bits per heavy atom. The van der Waals surface area contributed by atoms with Crippen molar-refractivity contribution in [1.82, 2.24) is 4.98 Å². The number of nitrogens with two attached hydrogens (primary N) is 1. The zero-order valence-electron chi connectivity index (χ0n) is 9.27. The van der Waals surface area contributed by atoms with Crippen LogP contribution in [0.2, 0.25) is 0 Å². The van der Waals surface area contributed by atoms with Gasteiger partial charge in [-0.1, -0.05) is 0 Å². The van der Waals surface area contributed by atoms with Crippen molar-refractivity contribution >= 4 is 11.5 Å². The van der Waals surface area contributed by atoms with Crippen LogP contribution in [0.4, 0.5) is 10.1 Å². The Kier molecular flexibility index (Phi) is 2.87. The predicted octanol–water partition coefficient (Wildman–Crippen LogP) is 2.34. The summed E-state index contributed by atoms with van der Waals surface area (Å²) in [5, 5.41) is 0. The number of benzene rings is 1. The summed E-state index contributed by atoms with van der Waals surface area (Å²) in [5.41, 5.74) is 7.36. The van der Waals surface area contributed by atoms with Gasteiger partial charge >= 0.3 is 0 Å². The summed E-state index contributed by atoms with van der Waals surface area (Å²) in [7, 11) is 0. The van der Waals surface area contributed by atoms with E-state index in [1.807, 2.05) is 6.92 Å². The number of carbonyl (C=O) groups excluding carboxylic acids is 1. The molecule has 0 spiro atoms. The Hall–Kier alpha value is -2.23. The molecule has 0 saturated heterocycles. The molecule has 2 aromatic rings. The molecule has 1 heterocycles. The molecule has 0 aliphatic rings. The van der Waals surface area contributed by atoms with E-state index < -0.39 is 5.82 Å². The molecule has 4 heteroatoms. The fraction of sp³-hybridized carbons (Fsp3) is 0.0769. The molecule has 0 amide bonds. The van der Waals surface area contributed by atoms with Crippen LogP contribution in [0.5, 0.6) is 0 Å². The van der Waals surface area contributed by atoms with E-state index >= 15 is 0 Å². The van der Waals surface area contributed by atoms with Gasteiger partial charge in [0.25, 0.3) is 0 Å². The first kappa shape index (κ1) is 11.3. The lowest BCUT2D eigenvalue weighted by atomic mass is 10.0. The van der Waals surface area contributed by atoms with Gasteiger partial charge in [0, 0.05) is 29.2 Å². The van der Waals surface area contributed by atoms with Crippen LogP contribution < -0.4 is 5.73 Å². The van der Waals surface area contributed by atoms with E-state index in [9.17, 15) is 9.18 Å². The van der Waals surface area contributed by atoms with Crippen molar-refractivity contribution in [3.8, 4) is 0 Å². The van der Waals surface area contributed by atoms with Crippen LogP contribution in [0.15, 0.2) is 36.7 Å². The number of aryl methyl sites for hydroxylation is 1. The summed E-state index contributed by atoms with van der Waals surface area (Å²) in [4.78, 5) is 16.0. The third kappa shape index (κ3) is 2.30. The maximum atomic E-state index is 13.1. The van der Waals surface area contributed by atoms with Crippen LogP contribution in [-0.4, -0.2) is 10.8 Å². The quantitative estimate of drug-likeness (QED) is 0.636. The molecule has 86 valence electrons. The number of hydrogen-bond acceptors (Lipinski definition) is 3. The number of aromatic nitrogens is 1. The summed E-state index contributed by atoms with van der Waals surface area (Å²) in [6.45, 7) is 1.83. The van der Waals surface area contributed by atoms with Crippen molar-refractivity contribution in [3.05, 3.63) is 59.2 Å². The zero-order valence-corrected chi connectivity index (χ0v) is 9.27. The first-order valence-corrected chi connectivity index (χ1v) is 5.09. The van der Waals surface area contributed by atoms with Crippen LogP contribution in [0.1, 0.15) is 21.5 Å². The number of halogens is 1. The smallest absolute Gasteiger partial charge is 0.196 e. The van der Waals surface area contributed by atoms with E-state index in [2.05, 4.69) is 4.98 Å². The summed E-state index contributed by atoms with van der Waals surface area (Å²) >= 11 is 0. The molecule has 0 unspecified atom stereocenters. The van der Waals surface area contributed by atoms with Crippen LogP contribution in [0.25, 0.3) is 0 Å². The summed E-state index contributed by atoms with van der Waals surface area (Å²) < 4.78 is 13.1. The van der Waals surface area contributed by atoms with Crippen LogP contribution >= 0.6 is 0 Å². The van der Waals surface area contributed by atoms with E-state index in [-0.39, 0.29) is 17.0 Å². The molecule has 17 heavy (non-hydrogen) atoms. The minimum atomic E-state index is -0.483. The Bertz CT molecular complexity index is 581. The van der Waals surface area contributed by atoms with Gasteiger partial charge in [-0.3, -0.25) is 9.78 Å². The Balaban J connectivity index is 2.47. The maximum Gasteiger partial charge on any atom is 0.196 e. The van der Waals surface area contributed by atoms with Crippen LogP contribution in [-0.2, 0) is 0 Å². The highest BCUT2D eigenvalue weighted by molar-refractivity contribution is 6.11. The van der Waals surface area contributed by atoms with Gasteiger partial charge in [-0.2, -0.15) is 0 Å². The summed E-state index contributed by atoms with van der Waals surface area (Å²) in [6.07, 6.45) is 3.09. The second-order valence-electron chi connectivity index (χ2n) is 3.81. The van der Waals surface area contributed by atoms with Crippen molar-refractivity contribution in [3.63, 3.8) is 0 Å². The molecule has 0 saturated carbocycles. The highest BCUT2D eigenvalue weighted by Gasteiger charge is 2.13. The van der Waals surface area contributed by atoms with E-state index in [0.29, 0.717) is 5.56 Å². The highest BCUT2D eigenvalue weighted by atomic mass is 19.1. The van der Waals surface area contributed by atoms with Gasteiger partial charge in [0.2, 0.25) is 0 Å². The van der Waals surface area contributed by atoms with Crippen LogP contribution in [0, 0.1) is 12.7 Å². The highest BCUT2D eigenvalue weighted by Crippen LogP contribution is 2.18. The van der Waals surface area contributed by atoms with Gasteiger partial charge < -0.3 is 5.73 Å². The molecular weight excluding hydrogens is 219 g/mol. The summed E-state index contributed by atoms with van der Waals surface area (Å²) in [5.74, 6) is -0.804. The number of nitrogens with zero attached hydrogens (tertiary/aromatic N) is 1. The molecule has 0 bridgehead atoms. The molecule has 2 N–H and O–H groups in total. The Labute approximate surface area is 98.1 Å². The maximum absolute atomic E-state index is 13.1. The lowest BCUT2D eigenvalue weighted by molar-refractivity contribution is 0.103.